The summed E-state index contributed by atoms with van der Waals surface area (Å²) in [6.07, 6.45) is 4.80. The maximum absolute atomic E-state index is 13.8. The third-order valence-corrected chi connectivity index (χ3v) is 7.78. The first-order valence-corrected chi connectivity index (χ1v) is 13.4. The Morgan fingerprint density at radius 1 is 1.00 bits per heavy atom. The highest BCUT2D eigenvalue weighted by Gasteiger charge is 2.28. The Kier molecular flexibility index (Phi) is 6.88. The van der Waals surface area contributed by atoms with E-state index >= 15 is 0 Å². The second kappa shape index (κ2) is 10.2. The topological polar surface area (TPSA) is 68.3 Å². The summed E-state index contributed by atoms with van der Waals surface area (Å²) in [5.41, 5.74) is 5.68. The minimum Gasteiger partial charge on any atom is -0.459 e. The molecule has 0 atom stereocenters. The van der Waals surface area contributed by atoms with Crippen molar-refractivity contribution >= 4 is 39.1 Å². The largest absolute Gasteiger partial charge is 0.459 e. The van der Waals surface area contributed by atoms with Crippen molar-refractivity contribution in [3.05, 3.63) is 81.7 Å². The van der Waals surface area contributed by atoms with E-state index < -0.39 is 0 Å². The van der Waals surface area contributed by atoms with E-state index in [-0.39, 0.29) is 18.0 Å². The van der Waals surface area contributed by atoms with Crippen molar-refractivity contribution < 1.29 is 14.3 Å². The van der Waals surface area contributed by atoms with Crippen molar-refractivity contribution in [2.24, 2.45) is 0 Å². The molecule has 36 heavy (non-hydrogen) atoms. The number of aryl methyl sites for hydroxylation is 2. The van der Waals surface area contributed by atoms with Gasteiger partial charge in [-0.25, -0.2) is 9.78 Å². The smallest absolute Gasteiger partial charge is 0.341 e. The fourth-order valence-corrected chi connectivity index (χ4v) is 6.12. The number of nitrogens with zero attached hydrogens (tertiary/aromatic N) is 1. The number of hydrogen-bond acceptors (Lipinski definition) is 5. The maximum atomic E-state index is 13.8. The highest BCUT2D eigenvalue weighted by Crippen LogP contribution is 2.39. The Labute approximate surface area is 215 Å². The highest BCUT2D eigenvalue weighted by atomic mass is 32.1. The van der Waals surface area contributed by atoms with Gasteiger partial charge >= 0.3 is 5.97 Å². The SMILES string of the molecule is Cc1ccccc1-c1cc(C(=O)Nc2sc3c(c2C(=O)OC(C)C)CCCCC3)c2ccccc2n1. The lowest BCUT2D eigenvalue weighted by Crippen LogP contribution is -2.18. The van der Waals surface area contributed by atoms with Gasteiger partial charge in [-0.1, -0.05) is 48.9 Å². The molecule has 5 nitrogen and oxygen atoms in total. The molecule has 0 spiro atoms. The third kappa shape index (κ3) is 4.78. The van der Waals surface area contributed by atoms with Crippen LogP contribution in [0, 0.1) is 6.92 Å². The van der Waals surface area contributed by atoms with Gasteiger partial charge in [0.2, 0.25) is 0 Å². The van der Waals surface area contributed by atoms with Crippen LogP contribution >= 0.6 is 11.3 Å². The average molecular weight is 499 g/mol. The van der Waals surface area contributed by atoms with Crippen molar-refractivity contribution in [2.45, 2.75) is 59.0 Å². The van der Waals surface area contributed by atoms with Crippen LogP contribution in [0.15, 0.2) is 54.6 Å². The summed E-state index contributed by atoms with van der Waals surface area (Å²) in [6, 6.07) is 17.5. The number of carbonyl (C=O) groups excluding carboxylic acids is 2. The molecule has 1 amide bonds. The van der Waals surface area contributed by atoms with E-state index in [1.807, 2.05) is 75.4 Å². The average Bonchev–Trinajstić information content (AvgIpc) is 3.03. The molecule has 2 aromatic carbocycles. The first-order valence-electron chi connectivity index (χ1n) is 12.5. The van der Waals surface area contributed by atoms with E-state index in [0.29, 0.717) is 16.1 Å². The van der Waals surface area contributed by atoms with Crippen LogP contribution in [0.1, 0.15) is 69.8 Å². The summed E-state index contributed by atoms with van der Waals surface area (Å²) < 4.78 is 5.60. The van der Waals surface area contributed by atoms with E-state index in [1.54, 1.807) is 0 Å². The number of rotatable bonds is 5. The Bertz CT molecular complexity index is 1450. The number of anilines is 1. The van der Waals surface area contributed by atoms with Crippen molar-refractivity contribution in [1.82, 2.24) is 4.98 Å². The van der Waals surface area contributed by atoms with Crippen LogP contribution in [0.2, 0.25) is 0 Å². The number of para-hydroxylation sites is 1. The number of hydrogen-bond donors (Lipinski definition) is 1. The van der Waals surface area contributed by atoms with Crippen molar-refractivity contribution in [3.8, 4) is 11.3 Å². The number of carbonyl (C=O) groups is 2. The molecule has 6 heteroatoms. The van der Waals surface area contributed by atoms with Crippen molar-refractivity contribution in [3.63, 3.8) is 0 Å². The number of esters is 1. The van der Waals surface area contributed by atoms with Gasteiger partial charge in [-0.15, -0.1) is 11.3 Å². The van der Waals surface area contributed by atoms with Crippen molar-refractivity contribution in [1.29, 1.82) is 0 Å². The molecular formula is C30H30N2O3S. The van der Waals surface area contributed by atoms with E-state index in [4.69, 9.17) is 9.72 Å². The van der Waals surface area contributed by atoms with Crippen LogP contribution in [0.25, 0.3) is 22.2 Å². The van der Waals surface area contributed by atoms with Gasteiger partial charge in [0.15, 0.2) is 0 Å². The zero-order chi connectivity index (χ0) is 25.2. The van der Waals surface area contributed by atoms with E-state index in [0.717, 1.165) is 65.4 Å². The van der Waals surface area contributed by atoms with Gasteiger partial charge in [0.1, 0.15) is 5.00 Å². The fraction of sp³-hybridized carbons (Fsp3) is 0.300. The standard InChI is InChI=1S/C30H30N2O3S/c1-18(2)35-30(34)27-22-14-5-4-6-16-26(22)36-29(27)32-28(33)23-17-25(20-12-8-7-11-19(20)3)31-24-15-10-9-13-21(23)24/h7-13,15,17-18H,4-6,14,16H2,1-3H3,(H,32,33). The number of fused-ring (bicyclic) bond motifs is 2. The minimum atomic E-state index is -0.361. The number of benzene rings is 2. The van der Waals surface area contributed by atoms with Gasteiger partial charge in [-0.2, -0.15) is 0 Å². The molecule has 0 aliphatic heterocycles. The van der Waals surface area contributed by atoms with Gasteiger partial charge in [0.25, 0.3) is 5.91 Å². The summed E-state index contributed by atoms with van der Waals surface area (Å²) in [4.78, 5) is 33.0. The molecule has 0 bridgehead atoms. The quantitative estimate of drug-likeness (QED) is 0.231. The van der Waals surface area contributed by atoms with Crippen LogP contribution < -0.4 is 5.32 Å². The van der Waals surface area contributed by atoms with Gasteiger partial charge in [0.05, 0.1) is 28.4 Å². The summed E-state index contributed by atoms with van der Waals surface area (Å²) in [7, 11) is 0. The second-order valence-corrected chi connectivity index (χ2v) is 10.7. The molecule has 5 rings (SSSR count). The Balaban J connectivity index is 1.59. The summed E-state index contributed by atoms with van der Waals surface area (Å²) in [6.45, 7) is 5.73. The third-order valence-electron chi connectivity index (χ3n) is 6.58. The van der Waals surface area contributed by atoms with Gasteiger partial charge in [0, 0.05) is 15.8 Å². The summed E-state index contributed by atoms with van der Waals surface area (Å²) in [5.74, 6) is -0.613. The number of aromatic nitrogens is 1. The first kappa shape index (κ1) is 24.2. The zero-order valence-electron chi connectivity index (χ0n) is 20.9. The lowest BCUT2D eigenvalue weighted by molar-refractivity contribution is 0.0378. The van der Waals surface area contributed by atoms with Gasteiger partial charge in [-0.3, -0.25) is 4.79 Å². The molecule has 0 unspecified atom stereocenters. The lowest BCUT2D eigenvalue weighted by Gasteiger charge is -2.13. The van der Waals surface area contributed by atoms with Gasteiger partial charge in [-0.05, 0) is 69.7 Å². The van der Waals surface area contributed by atoms with Crippen LogP contribution in [-0.2, 0) is 17.6 Å². The van der Waals surface area contributed by atoms with Crippen molar-refractivity contribution in [2.75, 3.05) is 5.32 Å². The fourth-order valence-electron chi connectivity index (χ4n) is 4.85. The van der Waals surface area contributed by atoms with Gasteiger partial charge < -0.3 is 10.1 Å². The second-order valence-electron chi connectivity index (χ2n) is 9.56. The highest BCUT2D eigenvalue weighted by molar-refractivity contribution is 7.17. The molecule has 1 N–H and O–H groups in total. The first-order chi connectivity index (χ1) is 17.4. The summed E-state index contributed by atoms with van der Waals surface area (Å²) >= 11 is 1.51. The monoisotopic (exact) mass is 498 g/mol. The number of amides is 1. The maximum Gasteiger partial charge on any atom is 0.341 e. The van der Waals surface area contributed by atoms with Crippen LogP contribution in [0.3, 0.4) is 0 Å². The molecule has 2 aromatic heterocycles. The Hall–Kier alpha value is -3.51. The zero-order valence-corrected chi connectivity index (χ0v) is 21.7. The minimum absolute atomic E-state index is 0.233. The molecule has 0 saturated heterocycles. The van der Waals surface area contributed by atoms with E-state index in [1.165, 1.54) is 16.2 Å². The van der Waals surface area contributed by atoms with Crippen LogP contribution in [0.5, 0.6) is 0 Å². The number of nitrogens with one attached hydrogen (secondary N) is 1. The molecule has 1 aliphatic rings. The number of ether oxygens (including phenoxy) is 1. The van der Waals surface area contributed by atoms with E-state index in [9.17, 15) is 9.59 Å². The molecular weight excluding hydrogens is 468 g/mol. The number of thiophene rings is 1. The molecule has 2 heterocycles. The molecule has 1 aliphatic carbocycles. The van der Waals surface area contributed by atoms with Crippen LogP contribution in [0.4, 0.5) is 5.00 Å². The predicted molar refractivity (Wildman–Crippen MR) is 146 cm³/mol. The normalized spacial score (nSPS) is 13.3. The molecule has 0 saturated carbocycles. The molecule has 0 fully saturated rings. The lowest BCUT2D eigenvalue weighted by atomic mass is 10.0. The number of pyridine rings is 1. The molecule has 184 valence electrons. The van der Waals surface area contributed by atoms with Crippen LogP contribution in [-0.4, -0.2) is 23.0 Å². The molecule has 4 aromatic rings. The Morgan fingerprint density at radius 3 is 2.56 bits per heavy atom. The van der Waals surface area contributed by atoms with E-state index in [2.05, 4.69) is 5.32 Å². The summed E-state index contributed by atoms with van der Waals surface area (Å²) in [5, 5.41) is 4.45. The molecule has 0 radical (unpaired) electrons. The predicted octanol–water partition coefficient (Wildman–Crippen LogP) is 7.36. The Morgan fingerprint density at radius 2 is 1.75 bits per heavy atom.